The molecule has 0 bridgehead atoms. The van der Waals surface area contributed by atoms with Gasteiger partial charge in [-0.2, -0.15) is 13.2 Å². The molecule has 0 amide bonds. The highest BCUT2D eigenvalue weighted by Gasteiger charge is 2.36. The molecule has 4 nitrogen and oxygen atoms in total. The van der Waals surface area contributed by atoms with Crippen LogP contribution in [0.4, 0.5) is 19.1 Å². The topological polar surface area (TPSA) is 41.1 Å². The molecule has 1 N–H and O–H groups in total. The van der Waals surface area contributed by atoms with Crippen LogP contribution in [0.15, 0.2) is 6.07 Å². The summed E-state index contributed by atoms with van der Waals surface area (Å²) in [5.41, 5.74) is -0.284. The maximum atomic E-state index is 12.9. The van der Waals surface area contributed by atoms with Crippen LogP contribution >= 0.6 is 0 Å². The van der Waals surface area contributed by atoms with Gasteiger partial charge in [0, 0.05) is 37.8 Å². The first-order valence-corrected chi connectivity index (χ1v) is 6.46. The Hall–Kier alpha value is -1.37. The summed E-state index contributed by atoms with van der Waals surface area (Å²) in [7, 11) is 0. The third-order valence-corrected chi connectivity index (χ3v) is 3.42. The van der Waals surface area contributed by atoms with Crippen molar-refractivity contribution in [1.82, 2.24) is 15.3 Å². The first-order valence-electron chi connectivity index (χ1n) is 6.46. The summed E-state index contributed by atoms with van der Waals surface area (Å²) in [6, 6.07) is 1.10. The van der Waals surface area contributed by atoms with E-state index in [4.69, 9.17) is 0 Å². The van der Waals surface area contributed by atoms with Crippen molar-refractivity contribution in [3.63, 3.8) is 0 Å². The molecule has 1 aliphatic carbocycles. The molecule has 2 fully saturated rings. The van der Waals surface area contributed by atoms with Crippen molar-refractivity contribution in [1.29, 1.82) is 0 Å². The summed E-state index contributed by atoms with van der Waals surface area (Å²) < 4.78 is 38.6. The molecular weight excluding hydrogens is 257 g/mol. The highest BCUT2D eigenvalue weighted by Crippen LogP contribution is 2.41. The van der Waals surface area contributed by atoms with E-state index in [0.29, 0.717) is 18.8 Å². The number of nitrogens with zero attached hydrogens (tertiary/aromatic N) is 3. The van der Waals surface area contributed by atoms with Crippen molar-refractivity contribution in [2.24, 2.45) is 0 Å². The van der Waals surface area contributed by atoms with Gasteiger partial charge in [0.2, 0.25) is 5.95 Å². The average Bonchev–Trinajstić information content (AvgIpc) is 3.22. The van der Waals surface area contributed by atoms with E-state index in [0.717, 1.165) is 32.0 Å². The van der Waals surface area contributed by atoms with E-state index >= 15 is 0 Å². The molecule has 1 saturated heterocycles. The van der Waals surface area contributed by atoms with Crippen LogP contribution in [-0.4, -0.2) is 36.1 Å². The first kappa shape index (κ1) is 12.7. The van der Waals surface area contributed by atoms with Crippen LogP contribution in [-0.2, 0) is 6.18 Å². The van der Waals surface area contributed by atoms with E-state index in [-0.39, 0.29) is 11.9 Å². The Morgan fingerprint density at radius 3 is 2.42 bits per heavy atom. The molecule has 1 aromatic rings. The second kappa shape index (κ2) is 4.63. The Morgan fingerprint density at radius 2 is 1.84 bits per heavy atom. The van der Waals surface area contributed by atoms with Crippen LogP contribution in [0, 0.1) is 0 Å². The van der Waals surface area contributed by atoms with Crippen LogP contribution in [0.25, 0.3) is 0 Å². The zero-order chi connectivity index (χ0) is 13.5. The molecule has 0 aromatic carbocycles. The lowest BCUT2D eigenvalue weighted by molar-refractivity contribution is -0.141. The lowest BCUT2D eigenvalue weighted by atomic mass is 10.2. The van der Waals surface area contributed by atoms with E-state index in [1.807, 2.05) is 4.90 Å². The predicted molar refractivity (Wildman–Crippen MR) is 64.1 cm³/mol. The monoisotopic (exact) mass is 272 g/mol. The molecule has 0 atom stereocenters. The molecule has 3 rings (SSSR count). The molecule has 19 heavy (non-hydrogen) atoms. The molecule has 0 spiro atoms. The molecule has 7 heteroatoms. The van der Waals surface area contributed by atoms with Crippen molar-refractivity contribution in [2.75, 3.05) is 31.1 Å². The number of hydrogen-bond donors (Lipinski definition) is 1. The Labute approximate surface area is 109 Å². The molecule has 1 saturated carbocycles. The van der Waals surface area contributed by atoms with Gasteiger partial charge in [-0.3, -0.25) is 0 Å². The maximum Gasteiger partial charge on any atom is 0.433 e. The fourth-order valence-electron chi connectivity index (χ4n) is 2.19. The number of rotatable bonds is 2. The third kappa shape index (κ3) is 2.80. The molecule has 0 radical (unpaired) electrons. The van der Waals surface area contributed by atoms with Gasteiger partial charge in [0.05, 0.1) is 0 Å². The number of aromatic nitrogens is 2. The standard InChI is InChI=1S/C12H15F3N4/c13-12(14,15)10-7-9(8-1-2-8)17-11(18-10)19-5-3-16-4-6-19/h7-8,16H,1-6H2. The van der Waals surface area contributed by atoms with Gasteiger partial charge in [-0.05, 0) is 18.9 Å². The van der Waals surface area contributed by atoms with Crippen molar-refractivity contribution in [3.8, 4) is 0 Å². The van der Waals surface area contributed by atoms with E-state index in [2.05, 4.69) is 15.3 Å². The molecule has 2 heterocycles. The van der Waals surface area contributed by atoms with Crippen LogP contribution in [0.3, 0.4) is 0 Å². The second-order valence-corrected chi connectivity index (χ2v) is 4.99. The van der Waals surface area contributed by atoms with E-state index in [1.165, 1.54) is 0 Å². The molecule has 2 aliphatic rings. The predicted octanol–water partition coefficient (Wildman–Crippen LogP) is 1.78. The molecule has 1 aromatic heterocycles. The van der Waals surface area contributed by atoms with Crippen LogP contribution in [0.2, 0.25) is 0 Å². The molecule has 0 unspecified atom stereocenters. The smallest absolute Gasteiger partial charge is 0.338 e. The van der Waals surface area contributed by atoms with E-state index < -0.39 is 11.9 Å². The normalized spacial score (nSPS) is 20.7. The number of piperazine rings is 1. The van der Waals surface area contributed by atoms with Gasteiger partial charge in [-0.15, -0.1) is 0 Å². The van der Waals surface area contributed by atoms with Gasteiger partial charge in [0.25, 0.3) is 0 Å². The van der Waals surface area contributed by atoms with Crippen molar-refractivity contribution in [2.45, 2.75) is 24.9 Å². The zero-order valence-corrected chi connectivity index (χ0v) is 10.4. The maximum absolute atomic E-state index is 12.9. The number of hydrogen-bond acceptors (Lipinski definition) is 4. The quantitative estimate of drug-likeness (QED) is 0.891. The highest BCUT2D eigenvalue weighted by atomic mass is 19.4. The van der Waals surface area contributed by atoms with Crippen molar-refractivity contribution >= 4 is 5.95 Å². The molecule has 104 valence electrons. The summed E-state index contributed by atoms with van der Waals surface area (Å²) in [4.78, 5) is 9.84. The van der Waals surface area contributed by atoms with E-state index in [1.54, 1.807) is 0 Å². The van der Waals surface area contributed by atoms with Crippen LogP contribution in [0.1, 0.15) is 30.1 Å². The number of alkyl halides is 3. The minimum Gasteiger partial charge on any atom is -0.338 e. The number of nitrogens with one attached hydrogen (secondary N) is 1. The van der Waals surface area contributed by atoms with Gasteiger partial charge in [0.15, 0.2) is 0 Å². The average molecular weight is 272 g/mol. The van der Waals surface area contributed by atoms with Gasteiger partial charge < -0.3 is 10.2 Å². The summed E-state index contributed by atoms with van der Waals surface area (Å²) in [5, 5.41) is 3.16. The molecular formula is C12H15F3N4. The number of anilines is 1. The Kier molecular flexibility index (Phi) is 3.08. The largest absolute Gasteiger partial charge is 0.433 e. The second-order valence-electron chi connectivity index (χ2n) is 4.99. The SMILES string of the molecule is FC(F)(F)c1cc(C2CC2)nc(N2CCNCC2)n1. The molecule has 1 aliphatic heterocycles. The Bertz CT molecular complexity index is 465. The lowest BCUT2D eigenvalue weighted by Crippen LogP contribution is -2.44. The number of halogens is 3. The fraction of sp³-hybridized carbons (Fsp3) is 0.667. The van der Waals surface area contributed by atoms with Gasteiger partial charge in [-0.25, -0.2) is 9.97 Å². The fourth-order valence-corrected chi connectivity index (χ4v) is 2.19. The minimum absolute atomic E-state index is 0.186. The van der Waals surface area contributed by atoms with Crippen molar-refractivity contribution in [3.05, 3.63) is 17.5 Å². The summed E-state index contributed by atoms with van der Waals surface area (Å²) >= 11 is 0. The van der Waals surface area contributed by atoms with Crippen LogP contribution in [0.5, 0.6) is 0 Å². The Balaban J connectivity index is 1.95. The van der Waals surface area contributed by atoms with Gasteiger partial charge in [0.1, 0.15) is 5.69 Å². The third-order valence-electron chi connectivity index (χ3n) is 3.42. The summed E-state index contributed by atoms with van der Waals surface area (Å²) in [6.45, 7) is 2.79. The van der Waals surface area contributed by atoms with E-state index in [9.17, 15) is 13.2 Å². The Morgan fingerprint density at radius 1 is 1.16 bits per heavy atom. The lowest BCUT2D eigenvalue weighted by Gasteiger charge is -2.28. The minimum atomic E-state index is -4.41. The summed E-state index contributed by atoms with van der Waals surface area (Å²) in [6.07, 6.45) is -2.56. The van der Waals surface area contributed by atoms with Gasteiger partial charge >= 0.3 is 6.18 Å². The van der Waals surface area contributed by atoms with Crippen molar-refractivity contribution < 1.29 is 13.2 Å². The highest BCUT2D eigenvalue weighted by molar-refractivity contribution is 5.36. The van der Waals surface area contributed by atoms with Crippen LogP contribution < -0.4 is 10.2 Å². The summed E-state index contributed by atoms with van der Waals surface area (Å²) in [5.74, 6) is 0.406. The van der Waals surface area contributed by atoms with Gasteiger partial charge in [-0.1, -0.05) is 0 Å². The first-order chi connectivity index (χ1) is 9.04. The zero-order valence-electron chi connectivity index (χ0n) is 10.4.